The monoisotopic (exact) mass is 192 g/mol. The molecule has 0 heteroatoms. The molecule has 0 heterocycles. The molecule has 0 spiro atoms. The third-order valence-corrected chi connectivity index (χ3v) is 2.05. The van der Waals surface area contributed by atoms with Crippen molar-refractivity contribution in [3.05, 3.63) is 35.5 Å². The first kappa shape index (κ1) is 13.2. The fraction of sp³-hybridized carbons (Fsp3) is 0.571. The summed E-state index contributed by atoms with van der Waals surface area (Å²) in [4.78, 5) is 0. The Morgan fingerprint density at radius 1 is 1.00 bits per heavy atom. The van der Waals surface area contributed by atoms with Gasteiger partial charge in [-0.15, -0.1) is 0 Å². The van der Waals surface area contributed by atoms with E-state index in [1.807, 2.05) is 0 Å². The molecule has 0 nitrogen and oxygen atoms in total. The van der Waals surface area contributed by atoms with E-state index in [9.17, 15) is 0 Å². The second-order valence-electron chi connectivity index (χ2n) is 4.06. The molecule has 0 radical (unpaired) electrons. The largest absolute Gasteiger partial charge is 0.0961 e. The predicted octanol–water partition coefficient (Wildman–Crippen LogP) is 5.04. The second kappa shape index (κ2) is 7.61. The second-order valence-corrected chi connectivity index (χ2v) is 4.06. The van der Waals surface area contributed by atoms with Gasteiger partial charge in [-0.2, -0.15) is 0 Å². The van der Waals surface area contributed by atoms with Gasteiger partial charge < -0.3 is 0 Å². The summed E-state index contributed by atoms with van der Waals surface area (Å²) in [7, 11) is 0. The van der Waals surface area contributed by atoms with Crippen LogP contribution in [0.5, 0.6) is 0 Å². The fourth-order valence-electron chi connectivity index (χ4n) is 1.57. The summed E-state index contributed by atoms with van der Waals surface area (Å²) in [6.07, 6.45) is 9.32. The number of allylic oxidation sites excluding steroid dienone is 5. The first-order chi connectivity index (χ1) is 6.60. The van der Waals surface area contributed by atoms with Crippen molar-refractivity contribution in [1.29, 1.82) is 0 Å². The van der Waals surface area contributed by atoms with E-state index in [1.54, 1.807) is 0 Å². The van der Waals surface area contributed by atoms with Crippen molar-refractivity contribution in [3.63, 3.8) is 0 Å². The van der Waals surface area contributed by atoms with Crippen molar-refractivity contribution in [1.82, 2.24) is 0 Å². The third kappa shape index (κ3) is 6.71. The molecule has 80 valence electrons. The van der Waals surface area contributed by atoms with Gasteiger partial charge in [0.25, 0.3) is 0 Å². The van der Waals surface area contributed by atoms with E-state index in [0.29, 0.717) is 0 Å². The van der Waals surface area contributed by atoms with E-state index in [2.05, 4.69) is 46.4 Å². The van der Waals surface area contributed by atoms with Gasteiger partial charge in [-0.05, 0) is 32.3 Å². The van der Waals surface area contributed by atoms with Crippen LogP contribution in [-0.2, 0) is 0 Å². The van der Waals surface area contributed by atoms with Gasteiger partial charge in [0.1, 0.15) is 0 Å². The van der Waals surface area contributed by atoms with E-state index in [-0.39, 0.29) is 0 Å². The Kier molecular flexibility index (Phi) is 7.18. The summed E-state index contributed by atoms with van der Waals surface area (Å²) in [5.74, 6) is 0. The minimum atomic E-state index is 1.15. The average molecular weight is 192 g/mol. The van der Waals surface area contributed by atoms with Gasteiger partial charge in [-0.3, -0.25) is 0 Å². The molecule has 0 unspecified atom stereocenters. The molecule has 0 aromatic carbocycles. The van der Waals surface area contributed by atoms with Crippen LogP contribution in [0.3, 0.4) is 0 Å². The van der Waals surface area contributed by atoms with Crippen LogP contribution in [-0.4, -0.2) is 0 Å². The molecule has 0 aliphatic heterocycles. The Bertz CT molecular complexity index is 228. The van der Waals surface area contributed by atoms with Crippen molar-refractivity contribution in [2.24, 2.45) is 0 Å². The van der Waals surface area contributed by atoms with Crippen molar-refractivity contribution in [3.8, 4) is 0 Å². The van der Waals surface area contributed by atoms with E-state index in [1.165, 1.54) is 30.4 Å². The van der Waals surface area contributed by atoms with Gasteiger partial charge in [-0.1, -0.05) is 56.6 Å². The number of rotatable bonds is 6. The molecule has 0 aliphatic rings. The van der Waals surface area contributed by atoms with Crippen LogP contribution in [0.15, 0.2) is 35.5 Å². The van der Waals surface area contributed by atoms with Crippen LogP contribution in [0, 0.1) is 0 Å². The molecule has 0 bridgehead atoms. The quantitative estimate of drug-likeness (QED) is 0.517. The number of hydrogen-bond donors (Lipinski definition) is 0. The van der Waals surface area contributed by atoms with E-state index >= 15 is 0 Å². The van der Waals surface area contributed by atoms with Crippen molar-refractivity contribution in [2.45, 2.75) is 53.4 Å². The van der Waals surface area contributed by atoms with Crippen LogP contribution >= 0.6 is 0 Å². The maximum absolute atomic E-state index is 3.92. The topological polar surface area (TPSA) is 0 Å². The first-order valence-electron chi connectivity index (χ1n) is 5.63. The highest BCUT2D eigenvalue weighted by molar-refractivity contribution is 5.29. The highest BCUT2D eigenvalue weighted by Gasteiger charge is 1.94. The lowest BCUT2D eigenvalue weighted by Crippen LogP contribution is -1.83. The molecule has 0 aromatic heterocycles. The zero-order valence-electron chi connectivity index (χ0n) is 10.2. The summed E-state index contributed by atoms with van der Waals surface area (Å²) < 4.78 is 0. The maximum atomic E-state index is 3.92. The van der Waals surface area contributed by atoms with E-state index in [0.717, 1.165) is 12.0 Å². The van der Waals surface area contributed by atoms with Gasteiger partial charge in [0.2, 0.25) is 0 Å². The SMILES string of the molecule is C=C(C)/C=C(\C=C(/C)CCC)CCC. The highest BCUT2D eigenvalue weighted by Crippen LogP contribution is 2.14. The summed E-state index contributed by atoms with van der Waals surface area (Å²) >= 11 is 0. The Morgan fingerprint density at radius 3 is 2.00 bits per heavy atom. The smallest absolute Gasteiger partial charge is 0.0281 e. The van der Waals surface area contributed by atoms with Crippen LogP contribution in [0.4, 0.5) is 0 Å². The zero-order valence-corrected chi connectivity index (χ0v) is 10.2. The van der Waals surface area contributed by atoms with Gasteiger partial charge in [0.15, 0.2) is 0 Å². The van der Waals surface area contributed by atoms with Crippen molar-refractivity contribution >= 4 is 0 Å². The first-order valence-corrected chi connectivity index (χ1v) is 5.63. The molecule has 0 fully saturated rings. The van der Waals surface area contributed by atoms with Gasteiger partial charge >= 0.3 is 0 Å². The minimum absolute atomic E-state index is 1.15. The normalized spacial score (nSPS) is 13.1. The minimum Gasteiger partial charge on any atom is -0.0961 e. The van der Waals surface area contributed by atoms with Gasteiger partial charge in [0.05, 0.1) is 0 Å². The fourth-order valence-corrected chi connectivity index (χ4v) is 1.57. The summed E-state index contributed by atoms with van der Waals surface area (Å²) in [5.41, 5.74) is 4.05. The summed E-state index contributed by atoms with van der Waals surface area (Å²) in [6, 6.07) is 0. The molecule has 0 N–H and O–H groups in total. The Hall–Kier alpha value is -0.780. The molecule has 0 saturated heterocycles. The molecule has 14 heavy (non-hydrogen) atoms. The average Bonchev–Trinajstić information content (AvgIpc) is 2.03. The van der Waals surface area contributed by atoms with Crippen molar-refractivity contribution < 1.29 is 0 Å². The molecule has 0 atom stereocenters. The predicted molar refractivity (Wildman–Crippen MR) is 66.5 cm³/mol. The Balaban J connectivity index is 4.50. The maximum Gasteiger partial charge on any atom is -0.0281 e. The molecule has 0 aliphatic carbocycles. The molecular weight excluding hydrogens is 168 g/mol. The standard InChI is InChI=1S/C14H24/c1-6-8-13(5)11-14(9-7-2)10-12(3)4/h10-11H,3,6-9H2,1-2,4-5H3/b13-11+,14-10-. The molecule has 0 aromatic rings. The molecular formula is C14H24. The van der Waals surface area contributed by atoms with Crippen LogP contribution in [0.25, 0.3) is 0 Å². The van der Waals surface area contributed by atoms with Crippen LogP contribution in [0.1, 0.15) is 53.4 Å². The van der Waals surface area contributed by atoms with Gasteiger partial charge in [0, 0.05) is 0 Å². The Labute approximate surface area is 89.4 Å². The highest BCUT2D eigenvalue weighted by atomic mass is 14.0. The lowest BCUT2D eigenvalue weighted by molar-refractivity contribution is 0.887. The zero-order chi connectivity index (χ0) is 11.0. The van der Waals surface area contributed by atoms with Crippen molar-refractivity contribution in [2.75, 3.05) is 0 Å². The van der Waals surface area contributed by atoms with E-state index < -0.39 is 0 Å². The Morgan fingerprint density at radius 2 is 1.57 bits per heavy atom. The van der Waals surface area contributed by atoms with Gasteiger partial charge in [-0.25, -0.2) is 0 Å². The lowest BCUT2D eigenvalue weighted by atomic mass is 10.0. The molecule has 0 amide bonds. The summed E-state index contributed by atoms with van der Waals surface area (Å²) in [5, 5.41) is 0. The molecule has 0 rings (SSSR count). The van der Waals surface area contributed by atoms with E-state index in [4.69, 9.17) is 0 Å². The third-order valence-electron chi connectivity index (χ3n) is 2.05. The number of hydrogen-bond acceptors (Lipinski definition) is 0. The summed E-state index contributed by atoms with van der Waals surface area (Å²) in [6.45, 7) is 12.6. The molecule has 0 saturated carbocycles. The lowest BCUT2D eigenvalue weighted by Gasteiger charge is -2.03. The van der Waals surface area contributed by atoms with Crippen LogP contribution < -0.4 is 0 Å². The van der Waals surface area contributed by atoms with Crippen LogP contribution in [0.2, 0.25) is 0 Å².